The molecule has 0 radical (unpaired) electrons. The zero-order valence-electron chi connectivity index (χ0n) is 19.7. The molecule has 0 N–H and O–H groups in total. The molecule has 0 spiro atoms. The summed E-state index contributed by atoms with van der Waals surface area (Å²) in [5.41, 5.74) is 2.93. The van der Waals surface area contributed by atoms with Crippen molar-refractivity contribution in [1.29, 1.82) is 5.26 Å². The number of esters is 1. The second-order valence-corrected chi connectivity index (χ2v) is 10.2. The van der Waals surface area contributed by atoms with Crippen LogP contribution in [0.1, 0.15) is 32.0 Å². The molecule has 0 saturated heterocycles. The van der Waals surface area contributed by atoms with Gasteiger partial charge in [0.1, 0.15) is 5.69 Å². The molecule has 0 saturated carbocycles. The summed E-state index contributed by atoms with van der Waals surface area (Å²) in [5, 5.41) is 11.4. The molecule has 0 atom stereocenters. The maximum Gasteiger partial charge on any atom is 0.354 e. The van der Waals surface area contributed by atoms with Gasteiger partial charge in [-0.3, -0.25) is 4.79 Å². The molecule has 4 aromatic rings. The lowest BCUT2D eigenvalue weighted by atomic mass is 10.1. The molecular weight excluding hydrogens is 517 g/mol. The number of benzene rings is 3. The predicted molar refractivity (Wildman–Crippen MR) is 142 cm³/mol. The van der Waals surface area contributed by atoms with Gasteiger partial charge in [0.2, 0.25) is 0 Å². The minimum absolute atomic E-state index is 0.0918. The molecule has 0 unspecified atom stereocenters. The van der Waals surface area contributed by atoms with Crippen molar-refractivity contribution in [3.8, 4) is 6.07 Å². The first kappa shape index (κ1) is 25.6. The fourth-order valence-corrected chi connectivity index (χ4v) is 5.09. The van der Waals surface area contributed by atoms with Crippen molar-refractivity contribution in [2.45, 2.75) is 16.3 Å². The van der Waals surface area contributed by atoms with E-state index in [4.69, 9.17) is 27.9 Å². The van der Waals surface area contributed by atoms with E-state index in [1.54, 1.807) is 50.5 Å². The minimum Gasteiger partial charge on any atom is -0.464 e. The van der Waals surface area contributed by atoms with Crippen molar-refractivity contribution in [1.82, 2.24) is 9.47 Å². The topological polar surface area (TPSA) is 75.3 Å². The number of aromatic nitrogens is 1. The SMILES string of the molecule is COC(=O)c1cc2c(C#N)cc(Sc3ccc(Cl)c(Cl)c3)cc2n1Cc1ccc(C(=O)N(C)C)cc1. The maximum atomic E-state index is 12.6. The van der Waals surface area contributed by atoms with Gasteiger partial charge in [-0.15, -0.1) is 0 Å². The number of carbonyl (C=O) groups excluding carboxylic acids is 2. The molecule has 1 aromatic heterocycles. The van der Waals surface area contributed by atoms with Crippen molar-refractivity contribution < 1.29 is 14.3 Å². The van der Waals surface area contributed by atoms with Gasteiger partial charge >= 0.3 is 5.97 Å². The summed E-state index contributed by atoms with van der Waals surface area (Å²) in [4.78, 5) is 28.1. The van der Waals surface area contributed by atoms with Gasteiger partial charge in [-0.2, -0.15) is 5.26 Å². The number of nitrogens with zero attached hydrogens (tertiary/aromatic N) is 3. The molecule has 182 valence electrons. The van der Waals surface area contributed by atoms with Gasteiger partial charge in [0, 0.05) is 41.4 Å². The number of methoxy groups -OCH3 is 1. The monoisotopic (exact) mass is 537 g/mol. The number of nitriles is 1. The van der Waals surface area contributed by atoms with E-state index < -0.39 is 5.97 Å². The van der Waals surface area contributed by atoms with Gasteiger partial charge in [-0.25, -0.2) is 4.79 Å². The second-order valence-electron chi connectivity index (χ2n) is 8.20. The molecule has 0 fully saturated rings. The Bertz CT molecular complexity index is 1520. The summed E-state index contributed by atoms with van der Waals surface area (Å²) in [7, 11) is 4.72. The first-order valence-corrected chi connectivity index (χ1v) is 12.4. The molecule has 0 aliphatic rings. The average molecular weight is 538 g/mol. The highest BCUT2D eigenvalue weighted by Crippen LogP contribution is 2.36. The van der Waals surface area contributed by atoms with Crippen LogP contribution in [0.4, 0.5) is 0 Å². The van der Waals surface area contributed by atoms with Crippen molar-refractivity contribution in [3.05, 3.63) is 93.1 Å². The van der Waals surface area contributed by atoms with E-state index in [9.17, 15) is 14.9 Å². The Morgan fingerprint density at radius 1 is 1.00 bits per heavy atom. The van der Waals surface area contributed by atoms with Crippen LogP contribution in [0.3, 0.4) is 0 Å². The normalized spacial score (nSPS) is 10.8. The lowest BCUT2D eigenvalue weighted by molar-refractivity contribution is 0.0589. The van der Waals surface area contributed by atoms with E-state index in [-0.39, 0.29) is 5.91 Å². The zero-order valence-corrected chi connectivity index (χ0v) is 22.0. The molecule has 9 heteroatoms. The molecule has 4 rings (SSSR count). The smallest absolute Gasteiger partial charge is 0.354 e. The number of carbonyl (C=O) groups is 2. The summed E-state index contributed by atoms with van der Waals surface area (Å²) in [6.07, 6.45) is 0. The fraction of sp³-hybridized carbons (Fsp3) is 0.148. The Balaban J connectivity index is 1.80. The van der Waals surface area contributed by atoms with E-state index in [0.29, 0.717) is 44.3 Å². The number of rotatable bonds is 6. The first-order chi connectivity index (χ1) is 17.2. The largest absolute Gasteiger partial charge is 0.464 e. The first-order valence-electron chi connectivity index (χ1n) is 10.8. The molecule has 0 aliphatic carbocycles. The third kappa shape index (κ3) is 5.21. The Morgan fingerprint density at radius 3 is 2.33 bits per heavy atom. The molecule has 1 heterocycles. The van der Waals surface area contributed by atoms with Crippen LogP contribution in [0.2, 0.25) is 10.0 Å². The Labute approximate surface area is 223 Å². The summed E-state index contributed by atoms with van der Waals surface area (Å²) >= 11 is 13.7. The van der Waals surface area contributed by atoms with Gasteiger partial charge in [0.25, 0.3) is 5.91 Å². The van der Waals surface area contributed by atoms with Gasteiger partial charge in [0.05, 0.1) is 34.3 Å². The molecule has 3 aromatic carbocycles. The van der Waals surface area contributed by atoms with E-state index in [0.717, 1.165) is 15.4 Å². The van der Waals surface area contributed by atoms with Crippen LogP contribution in [-0.2, 0) is 11.3 Å². The van der Waals surface area contributed by atoms with E-state index >= 15 is 0 Å². The van der Waals surface area contributed by atoms with Gasteiger partial charge in [-0.05, 0) is 54.1 Å². The third-order valence-electron chi connectivity index (χ3n) is 5.58. The summed E-state index contributed by atoms with van der Waals surface area (Å²) in [6.45, 7) is 0.343. The van der Waals surface area contributed by atoms with Crippen LogP contribution < -0.4 is 0 Å². The number of hydrogen-bond acceptors (Lipinski definition) is 5. The predicted octanol–water partition coefficient (Wildman–Crippen LogP) is 6.51. The maximum absolute atomic E-state index is 12.6. The van der Waals surface area contributed by atoms with Crippen molar-refractivity contribution in [3.63, 3.8) is 0 Å². The van der Waals surface area contributed by atoms with Crippen LogP contribution in [0.5, 0.6) is 0 Å². The minimum atomic E-state index is -0.506. The number of fused-ring (bicyclic) bond motifs is 1. The van der Waals surface area contributed by atoms with E-state index in [1.807, 2.05) is 28.8 Å². The number of ether oxygens (including phenoxy) is 1. The molecule has 1 amide bonds. The summed E-state index contributed by atoms with van der Waals surface area (Å²) < 4.78 is 6.84. The molecular formula is C27H21Cl2N3O3S. The average Bonchev–Trinajstić information content (AvgIpc) is 3.23. The van der Waals surface area contributed by atoms with Crippen LogP contribution in [0, 0.1) is 11.3 Å². The molecule has 36 heavy (non-hydrogen) atoms. The lowest BCUT2D eigenvalue weighted by Gasteiger charge is -2.13. The van der Waals surface area contributed by atoms with Crippen molar-refractivity contribution in [2.75, 3.05) is 21.2 Å². The Morgan fingerprint density at radius 2 is 1.72 bits per heavy atom. The second kappa shape index (κ2) is 10.7. The van der Waals surface area contributed by atoms with Crippen LogP contribution in [0.15, 0.2) is 70.5 Å². The summed E-state index contributed by atoms with van der Waals surface area (Å²) in [6, 6.07) is 20.2. The number of halogens is 2. The zero-order chi connectivity index (χ0) is 26.0. The Hall–Kier alpha value is -3.44. The van der Waals surface area contributed by atoms with Gasteiger partial charge < -0.3 is 14.2 Å². The van der Waals surface area contributed by atoms with Crippen molar-refractivity contribution >= 4 is 57.7 Å². The highest BCUT2D eigenvalue weighted by molar-refractivity contribution is 7.99. The van der Waals surface area contributed by atoms with Gasteiger partial charge in [-0.1, -0.05) is 47.1 Å². The quantitative estimate of drug-likeness (QED) is 0.262. The molecule has 6 nitrogen and oxygen atoms in total. The fourth-order valence-electron chi connectivity index (χ4n) is 3.80. The highest BCUT2D eigenvalue weighted by atomic mass is 35.5. The van der Waals surface area contributed by atoms with E-state index in [2.05, 4.69) is 6.07 Å². The van der Waals surface area contributed by atoms with Crippen LogP contribution >= 0.6 is 35.0 Å². The standard InChI is InChI=1S/C27H21Cl2N3O3S/c1-31(2)26(33)17-6-4-16(5-7-17)15-32-24-12-20(36-19-8-9-22(28)23(29)11-19)10-18(14-30)21(24)13-25(32)27(34)35-3/h4-13H,15H2,1-3H3. The molecule has 0 bridgehead atoms. The third-order valence-corrected chi connectivity index (χ3v) is 7.28. The van der Waals surface area contributed by atoms with Crippen LogP contribution in [0.25, 0.3) is 10.9 Å². The van der Waals surface area contributed by atoms with Crippen molar-refractivity contribution in [2.24, 2.45) is 0 Å². The summed E-state index contributed by atoms with van der Waals surface area (Å²) in [5.74, 6) is -0.598. The van der Waals surface area contributed by atoms with E-state index in [1.165, 1.54) is 23.8 Å². The molecule has 0 aliphatic heterocycles. The highest BCUT2D eigenvalue weighted by Gasteiger charge is 2.20. The lowest BCUT2D eigenvalue weighted by Crippen LogP contribution is -2.21. The Kier molecular flexibility index (Phi) is 7.60. The number of hydrogen-bond donors (Lipinski definition) is 0. The van der Waals surface area contributed by atoms with Gasteiger partial charge in [0.15, 0.2) is 0 Å². The van der Waals surface area contributed by atoms with Crippen LogP contribution in [-0.4, -0.2) is 42.5 Å². The number of amides is 1.